The van der Waals surface area contributed by atoms with Crippen molar-refractivity contribution in [3.8, 4) is 0 Å². The molecule has 0 aliphatic carbocycles. The molecule has 0 unspecified atom stereocenters. The van der Waals surface area contributed by atoms with Crippen LogP contribution < -0.4 is 4.90 Å². The molecule has 1 N–H and O–H groups in total. The van der Waals surface area contributed by atoms with E-state index in [1.165, 1.54) is 29.2 Å². The largest absolute Gasteiger partial charge is 0.392 e. The molecule has 88 valence electrons. The molecule has 0 aromatic heterocycles. The maximum Gasteiger partial charge on any atom is 0.0684 e. The first-order chi connectivity index (χ1) is 7.81. The number of hydrogen-bond donors (Lipinski definition) is 1. The first kappa shape index (κ1) is 11.8. The molecule has 2 rings (SSSR count). The van der Waals surface area contributed by atoms with Crippen molar-refractivity contribution >= 4 is 17.4 Å². The predicted molar refractivity (Wildman–Crippen MR) is 71.3 cm³/mol. The van der Waals surface area contributed by atoms with Crippen LogP contribution in [0, 0.1) is 6.92 Å². The zero-order valence-electron chi connectivity index (χ0n) is 9.78. The summed E-state index contributed by atoms with van der Waals surface area (Å²) in [5.74, 6) is 2.50. The molecule has 0 spiro atoms. The lowest BCUT2D eigenvalue weighted by atomic mass is 10.1. The SMILES string of the molecule is Cc1cc(N2CCCSCC2)ccc1CO. The number of thioether (sulfide) groups is 1. The minimum atomic E-state index is 0.141. The number of anilines is 1. The molecule has 1 heterocycles. The number of nitrogens with zero attached hydrogens (tertiary/aromatic N) is 1. The molecular weight excluding hydrogens is 218 g/mol. The Hall–Kier alpha value is -0.670. The molecule has 1 aromatic rings. The van der Waals surface area contributed by atoms with Gasteiger partial charge in [-0.2, -0.15) is 11.8 Å². The van der Waals surface area contributed by atoms with Gasteiger partial charge in [0.15, 0.2) is 0 Å². The van der Waals surface area contributed by atoms with Gasteiger partial charge in [-0.25, -0.2) is 0 Å². The van der Waals surface area contributed by atoms with E-state index in [4.69, 9.17) is 5.11 Å². The fourth-order valence-corrected chi connectivity index (χ4v) is 2.95. The van der Waals surface area contributed by atoms with Gasteiger partial charge in [-0.3, -0.25) is 0 Å². The normalized spacial score (nSPS) is 17.2. The summed E-state index contributed by atoms with van der Waals surface area (Å²) in [6, 6.07) is 6.37. The predicted octanol–water partition coefficient (Wildman–Crippen LogP) is 2.43. The zero-order chi connectivity index (χ0) is 11.4. The second-order valence-corrected chi connectivity index (χ2v) is 5.45. The molecule has 1 saturated heterocycles. The first-order valence-corrected chi connectivity index (χ1v) is 7.00. The summed E-state index contributed by atoms with van der Waals surface area (Å²) in [5, 5.41) is 9.15. The second kappa shape index (κ2) is 5.60. The smallest absolute Gasteiger partial charge is 0.0684 e. The number of rotatable bonds is 2. The van der Waals surface area contributed by atoms with Crippen molar-refractivity contribution in [3.63, 3.8) is 0 Å². The molecule has 1 aromatic carbocycles. The summed E-state index contributed by atoms with van der Waals surface area (Å²) < 4.78 is 0. The standard InChI is InChI=1S/C13H19NOS/c1-11-9-13(4-3-12(11)10-15)14-5-2-7-16-8-6-14/h3-4,9,15H,2,5-8,10H2,1H3. The number of benzene rings is 1. The summed E-state index contributed by atoms with van der Waals surface area (Å²) in [4.78, 5) is 2.45. The van der Waals surface area contributed by atoms with Crippen LogP contribution in [0.1, 0.15) is 17.5 Å². The molecule has 0 atom stereocenters. The highest BCUT2D eigenvalue weighted by molar-refractivity contribution is 7.99. The van der Waals surface area contributed by atoms with E-state index >= 15 is 0 Å². The van der Waals surface area contributed by atoms with Crippen LogP contribution in [0.2, 0.25) is 0 Å². The second-order valence-electron chi connectivity index (χ2n) is 4.22. The Balaban J connectivity index is 2.16. The summed E-state index contributed by atoms with van der Waals surface area (Å²) in [6.45, 7) is 4.51. The lowest BCUT2D eigenvalue weighted by Crippen LogP contribution is -2.25. The molecule has 2 nitrogen and oxygen atoms in total. The van der Waals surface area contributed by atoms with Crippen molar-refractivity contribution < 1.29 is 5.11 Å². The summed E-state index contributed by atoms with van der Waals surface area (Å²) >= 11 is 2.04. The lowest BCUT2D eigenvalue weighted by molar-refractivity contribution is 0.281. The minimum absolute atomic E-state index is 0.141. The van der Waals surface area contributed by atoms with Gasteiger partial charge in [-0.1, -0.05) is 6.07 Å². The highest BCUT2D eigenvalue weighted by Gasteiger charge is 2.10. The third-order valence-electron chi connectivity index (χ3n) is 3.08. The van der Waals surface area contributed by atoms with E-state index < -0.39 is 0 Å². The van der Waals surface area contributed by atoms with Crippen LogP contribution in [-0.2, 0) is 6.61 Å². The van der Waals surface area contributed by atoms with Crippen molar-refractivity contribution in [2.45, 2.75) is 20.0 Å². The summed E-state index contributed by atoms with van der Waals surface area (Å²) in [7, 11) is 0. The summed E-state index contributed by atoms with van der Waals surface area (Å²) in [6.07, 6.45) is 1.27. The third-order valence-corrected chi connectivity index (χ3v) is 4.13. The molecule has 0 amide bonds. The first-order valence-electron chi connectivity index (χ1n) is 5.84. The Bertz CT molecular complexity index is 346. The van der Waals surface area contributed by atoms with E-state index in [1.54, 1.807) is 0 Å². The van der Waals surface area contributed by atoms with Crippen molar-refractivity contribution in [1.29, 1.82) is 0 Å². The third kappa shape index (κ3) is 2.71. The van der Waals surface area contributed by atoms with Crippen LogP contribution in [0.3, 0.4) is 0 Å². The molecule has 0 saturated carbocycles. The van der Waals surface area contributed by atoms with Gasteiger partial charge < -0.3 is 10.0 Å². The quantitative estimate of drug-likeness (QED) is 0.854. The fraction of sp³-hybridized carbons (Fsp3) is 0.538. The number of aryl methyl sites for hydroxylation is 1. The van der Waals surface area contributed by atoms with Gasteiger partial charge in [0.05, 0.1) is 6.61 Å². The van der Waals surface area contributed by atoms with E-state index in [0.717, 1.165) is 18.7 Å². The van der Waals surface area contributed by atoms with Gasteiger partial charge in [-0.15, -0.1) is 0 Å². The molecule has 1 aliphatic heterocycles. The van der Waals surface area contributed by atoms with E-state index in [0.29, 0.717) is 0 Å². The van der Waals surface area contributed by atoms with Crippen LogP contribution in [-0.4, -0.2) is 29.7 Å². The van der Waals surface area contributed by atoms with Gasteiger partial charge in [-0.05, 0) is 42.4 Å². The van der Waals surface area contributed by atoms with E-state index in [9.17, 15) is 0 Å². The Morgan fingerprint density at radius 3 is 2.94 bits per heavy atom. The molecule has 16 heavy (non-hydrogen) atoms. The Morgan fingerprint density at radius 1 is 1.31 bits per heavy atom. The van der Waals surface area contributed by atoms with Crippen LogP contribution in [0.25, 0.3) is 0 Å². The van der Waals surface area contributed by atoms with Gasteiger partial charge >= 0.3 is 0 Å². The number of aliphatic hydroxyl groups excluding tert-OH is 1. The van der Waals surface area contributed by atoms with Crippen LogP contribution in [0.4, 0.5) is 5.69 Å². The zero-order valence-corrected chi connectivity index (χ0v) is 10.6. The summed E-state index contributed by atoms with van der Waals surface area (Å²) in [5.41, 5.74) is 3.53. The maximum atomic E-state index is 9.15. The Labute approximate surface area is 102 Å². The van der Waals surface area contributed by atoms with Crippen molar-refractivity contribution in [3.05, 3.63) is 29.3 Å². The van der Waals surface area contributed by atoms with E-state index in [-0.39, 0.29) is 6.61 Å². The molecule has 1 fully saturated rings. The Kier molecular flexibility index (Phi) is 4.13. The molecule has 0 radical (unpaired) electrons. The average Bonchev–Trinajstić information content (AvgIpc) is 2.57. The van der Waals surface area contributed by atoms with Crippen molar-refractivity contribution in [2.24, 2.45) is 0 Å². The average molecular weight is 237 g/mol. The Morgan fingerprint density at radius 2 is 2.19 bits per heavy atom. The minimum Gasteiger partial charge on any atom is -0.392 e. The van der Waals surface area contributed by atoms with Crippen molar-refractivity contribution in [2.75, 3.05) is 29.5 Å². The number of aliphatic hydroxyl groups is 1. The topological polar surface area (TPSA) is 23.5 Å². The highest BCUT2D eigenvalue weighted by atomic mass is 32.2. The van der Waals surface area contributed by atoms with Gasteiger partial charge in [0, 0.05) is 24.5 Å². The van der Waals surface area contributed by atoms with Crippen LogP contribution in [0.15, 0.2) is 18.2 Å². The van der Waals surface area contributed by atoms with E-state index in [2.05, 4.69) is 24.0 Å². The molecular formula is C13H19NOS. The number of hydrogen-bond acceptors (Lipinski definition) is 3. The van der Waals surface area contributed by atoms with Gasteiger partial charge in [0.1, 0.15) is 0 Å². The molecule has 1 aliphatic rings. The lowest BCUT2D eigenvalue weighted by Gasteiger charge is -2.23. The van der Waals surface area contributed by atoms with Gasteiger partial charge in [0.25, 0.3) is 0 Å². The van der Waals surface area contributed by atoms with Crippen LogP contribution in [0.5, 0.6) is 0 Å². The monoisotopic (exact) mass is 237 g/mol. The highest BCUT2D eigenvalue weighted by Crippen LogP contribution is 2.22. The van der Waals surface area contributed by atoms with E-state index in [1.807, 2.05) is 17.8 Å². The van der Waals surface area contributed by atoms with Crippen molar-refractivity contribution in [1.82, 2.24) is 0 Å². The van der Waals surface area contributed by atoms with Gasteiger partial charge in [0.2, 0.25) is 0 Å². The molecule has 3 heteroatoms. The molecule has 0 bridgehead atoms. The fourth-order valence-electron chi connectivity index (χ4n) is 2.06. The maximum absolute atomic E-state index is 9.15. The van der Waals surface area contributed by atoms with Crippen LogP contribution >= 0.6 is 11.8 Å².